The lowest BCUT2D eigenvalue weighted by Crippen LogP contribution is -2.49. The summed E-state index contributed by atoms with van der Waals surface area (Å²) in [5, 5.41) is 1.41. The highest BCUT2D eigenvalue weighted by Crippen LogP contribution is 2.53. The molecular formula is C26H28ClN7O2S3. The number of aromatic nitrogens is 5. The minimum atomic E-state index is -1.16. The minimum Gasteiger partial charge on any atom is -0.598 e. The van der Waals surface area contributed by atoms with Crippen LogP contribution in [-0.4, -0.2) is 47.3 Å². The maximum Gasteiger partial charge on any atom is 0.260 e. The van der Waals surface area contributed by atoms with E-state index in [0.717, 1.165) is 48.8 Å². The van der Waals surface area contributed by atoms with Crippen LogP contribution in [0.5, 0.6) is 0 Å². The molecular weight excluding hydrogens is 574 g/mol. The van der Waals surface area contributed by atoms with Crippen molar-refractivity contribution in [1.82, 2.24) is 29.6 Å². The molecule has 1 saturated heterocycles. The van der Waals surface area contributed by atoms with Gasteiger partial charge in [0.05, 0.1) is 51.9 Å². The Morgan fingerprint density at radius 3 is 2.72 bits per heavy atom. The number of hydrogen-bond donors (Lipinski definition) is 2. The van der Waals surface area contributed by atoms with E-state index in [4.69, 9.17) is 16.6 Å². The van der Waals surface area contributed by atoms with E-state index in [-0.39, 0.29) is 21.8 Å². The lowest BCUT2D eigenvalue weighted by molar-refractivity contribution is 0.176. The van der Waals surface area contributed by atoms with Crippen LogP contribution in [0, 0.1) is 5.41 Å². The number of hydrogen-bond acceptors (Lipinski definition) is 10. The Kier molecular flexibility index (Phi) is 7.13. The fourth-order valence-corrected chi connectivity index (χ4v) is 8.42. The van der Waals surface area contributed by atoms with Crippen molar-refractivity contribution in [3.05, 3.63) is 62.3 Å². The first-order chi connectivity index (χ1) is 18.6. The minimum absolute atomic E-state index is 0.00437. The summed E-state index contributed by atoms with van der Waals surface area (Å²) in [5.74, 6) is 0.827. The normalized spacial score (nSPS) is 19.5. The summed E-state index contributed by atoms with van der Waals surface area (Å²) in [5.41, 5.74) is 3.31. The Balaban J connectivity index is 1.15. The van der Waals surface area contributed by atoms with Gasteiger partial charge in [0.25, 0.3) is 5.56 Å². The van der Waals surface area contributed by atoms with Gasteiger partial charge < -0.3 is 14.4 Å². The van der Waals surface area contributed by atoms with E-state index >= 15 is 0 Å². The third-order valence-corrected chi connectivity index (χ3v) is 11.5. The van der Waals surface area contributed by atoms with Crippen molar-refractivity contribution in [3.63, 3.8) is 0 Å². The second-order valence-corrected chi connectivity index (χ2v) is 15.3. The lowest BCUT2D eigenvalue weighted by Gasteiger charge is -2.43. The van der Waals surface area contributed by atoms with E-state index in [1.54, 1.807) is 29.8 Å². The highest BCUT2D eigenvalue weighted by molar-refractivity contribution is 7.99. The van der Waals surface area contributed by atoms with E-state index in [0.29, 0.717) is 21.0 Å². The van der Waals surface area contributed by atoms with E-state index in [2.05, 4.69) is 29.6 Å². The molecule has 0 unspecified atom stereocenters. The number of nitrogens with one attached hydrogen (secondary N) is 2. The Bertz CT molecular complexity index is 1560. The van der Waals surface area contributed by atoms with Crippen LogP contribution in [0.25, 0.3) is 10.9 Å². The molecule has 3 aromatic heterocycles. The zero-order chi connectivity index (χ0) is 27.4. The van der Waals surface area contributed by atoms with Crippen molar-refractivity contribution >= 4 is 62.8 Å². The standard InChI is InChI=1S/C26H28ClN7O2S3/c1-25(2,3)39(36)33-23-22-16(32-14-37-22)10-26(23)6-8-34(9-7-26)18-11-29-19(12-28-18)38-17-5-4-15-20(21(17)27)24(35)31-13-30-15/h4-5,11-14,23,33H,6-10H2,1-3H3,(H,30,31,35)/t23-,39+/m1/s1. The summed E-state index contributed by atoms with van der Waals surface area (Å²) in [7, 11) is 0. The molecule has 9 nitrogen and oxygen atoms in total. The number of piperidine rings is 1. The quantitative estimate of drug-likeness (QED) is 0.307. The van der Waals surface area contributed by atoms with Crippen molar-refractivity contribution in [1.29, 1.82) is 0 Å². The van der Waals surface area contributed by atoms with Gasteiger partial charge in [-0.25, -0.2) is 19.9 Å². The van der Waals surface area contributed by atoms with Crippen LogP contribution in [0.2, 0.25) is 5.02 Å². The zero-order valence-electron chi connectivity index (χ0n) is 21.7. The molecule has 6 rings (SSSR count). The number of aromatic amines is 1. The van der Waals surface area contributed by atoms with Gasteiger partial charge in [0, 0.05) is 39.6 Å². The van der Waals surface area contributed by atoms with Crippen molar-refractivity contribution in [2.24, 2.45) is 5.41 Å². The van der Waals surface area contributed by atoms with Crippen LogP contribution in [-0.2, 0) is 17.8 Å². The molecule has 1 aliphatic heterocycles. The van der Waals surface area contributed by atoms with Gasteiger partial charge >= 0.3 is 0 Å². The molecule has 0 radical (unpaired) electrons. The average Bonchev–Trinajstić information content (AvgIpc) is 3.46. The van der Waals surface area contributed by atoms with Crippen LogP contribution in [0.4, 0.5) is 5.82 Å². The third-order valence-electron chi connectivity index (χ3n) is 7.47. The number of nitrogens with zero attached hydrogens (tertiary/aromatic N) is 5. The molecule has 0 saturated carbocycles. The van der Waals surface area contributed by atoms with Gasteiger partial charge in [-0.1, -0.05) is 23.4 Å². The monoisotopic (exact) mass is 601 g/mol. The van der Waals surface area contributed by atoms with E-state index in [1.165, 1.54) is 23.0 Å². The van der Waals surface area contributed by atoms with Gasteiger partial charge in [-0.15, -0.1) is 16.1 Å². The van der Waals surface area contributed by atoms with Crippen molar-refractivity contribution in [2.45, 2.75) is 60.7 Å². The second-order valence-electron chi connectivity index (χ2n) is 10.9. The van der Waals surface area contributed by atoms with Gasteiger partial charge in [-0.05, 0) is 52.2 Å². The maximum absolute atomic E-state index is 13.1. The van der Waals surface area contributed by atoms with Crippen molar-refractivity contribution in [2.75, 3.05) is 18.0 Å². The molecule has 1 spiro atoms. The van der Waals surface area contributed by atoms with Crippen LogP contribution in [0.3, 0.4) is 0 Å². The number of anilines is 1. The van der Waals surface area contributed by atoms with Crippen molar-refractivity contribution < 1.29 is 4.55 Å². The second kappa shape index (κ2) is 10.3. The van der Waals surface area contributed by atoms with Crippen molar-refractivity contribution in [3.8, 4) is 0 Å². The molecule has 4 heterocycles. The zero-order valence-corrected chi connectivity index (χ0v) is 24.9. The summed E-state index contributed by atoms with van der Waals surface area (Å²) < 4.78 is 16.2. The molecule has 1 aromatic carbocycles. The van der Waals surface area contributed by atoms with Gasteiger partial charge in [0.2, 0.25) is 0 Å². The first kappa shape index (κ1) is 27.0. The van der Waals surface area contributed by atoms with E-state index in [1.807, 2.05) is 32.3 Å². The molecule has 39 heavy (non-hydrogen) atoms. The van der Waals surface area contributed by atoms with E-state index < -0.39 is 11.4 Å². The molecule has 4 aromatic rings. The van der Waals surface area contributed by atoms with Crippen LogP contribution in [0.1, 0.15) is 50.2 Å². The van der Waals surface area contributed by atoms with Gasteiger partial charge in [-0.2, -0.15) is 0 Å². The Morgan fingerprint density at radius 2 is 2.00 bits per heavy atom. The molecule has 2 N–H and O–H groups in total. The number of halogens is 1. The number of benzene rings is 1. The summed E-state index contributed by atoms with van der Waals surface area (Å²) in [4.78, 5) is 37.1. The fourth-order valence-electron chi connectivity index (χ4n) is 5.29. The molecule has 1 fully saturated rings. The highest BCUT2D eigenvalue weighted by Gasteiger charge is 2.52. The summed E-state index contributed by atoms with van der Waals surface area (Å²) in [6.45, 7) is 7.67. The number of fused-ring (bicyclic) bond motifs is 2. The highest BCUT2D eigenvalue weighted by atomic mass is 35.5. The number of H-pyrrole nitrogens is 1. The summed E-state index contributed by atoms with van der Waals surface area (Å²) in [6, 6.07) is 3.66. The number of rotatable bonds is 5. The molecule has 2 aliphatic rings. The first-order valence-corrected chi connectivity index (χ1v) is 15.9. The maximum atomic E-state index is 13.1. The van der Waals surface area contributed by atoms with Crippen LogP contribution >= 0.6 is 34.7 Å². The van der Waals surface area contributed by atoms with Crippen LogP contribution < -0.4 is 15.2 Å². The Labute approximate surface area is 242 Å². The predicted octanol–water partition coefficient (Wildman–Crippen LogP) is 4.91. The lowest BCUT2D eigenvalue weighted by atomic mass is 9.74. The number of thiazole rings is 1. The van der Waals surface area contributed by atoms with Gasteiger partial charge in [0.1, 0.15) is 15.6 Å². The fraction of sp³-hybridized carbons (Fsp3) is 0.423. The Hall–Kier alpha value is -2.22. The molecule has 1 aliphatic carbocycles. The summed E-state index contributed by atoms with van der Waals surface area (Å²) >= 11 is 8.40. The van der Waals surface area contributed by atoms with Crippen LogP contribution in [0.15, 0.2) is 51.1 Å². The smallest absolute Gasteiger partial charge is 0.260 e. The molecule has 2 atom stereocenters. The topological polar surface area (TPSA) is 123 Å². The third kappa shape index (κ3) is 5.07. The largest absolute Gasteiger partial charge is 0.598 e. The average molecular weight is 602 g/mol. The molecule has 0 amide bonds. The Morgan fingerprint density at radius 1 is 1.21 bits per heavy atom. The SMILES string of the molecule is CC(C)(C)[S@+]([O-])N[C@@H]1c2scnc2CC12CCN(c1cnc(Sc3ccc4nc[nH]c(=O)c4c3Cl)cn1)CC2. The molecule has 204 valence electrons. The van der Waals surface area contributed by atoms with Gasteiger partial charge in [-0.3, -0.25) is 4.79 Å². The predicted molar refractivity (Wildman–Crippen MR) is 157 cm³/mol. The summed E-state index contributed by atoms with van der Waals surface area (Å²) in [6.07, 6.45) is 7.70. The first-order valence-electron chi connectivity index (χ1n) is 12.7. The molecule has 0 bridgehead atoms. The van der Waals surface area contributed by atoms with Gasteiger partial charge in [0.15, 0.2) is 0 Å². The molecule has 13 heteroatoms. The van der Waals surface area contributed by atoms with E-state index in [9.17, 15) is 9.35 Å².